The minimum Gasteiger partial charge on any atom is -0.392 e. The van der Waals surface area contributed by atoms with Crippen LogP contribution in [0, 0.1) is 5.92 Å². The SMILES string of the molecule is CC(C)C[C@H](N)C(=O)OC(=O)Cc1c[nH]c2ccccc12. The molecule has 1 aromatic heterocycles. The number of esters is 2. The molecule has 0 unspecified atom stereocenters. The van der Waals surface area contributed by atoms with E-state index in [0.29, 0.717) is 6.42 Å². The molecule has 0 bridgehead atoms. The quantitative estimate of drug-likeness (QED) is 0.652. The minimum absolute atomic E-state index is 0.0458. The summed E-state index contributed by atoms with van der Waals surface area (Å²) in [5, 5.41) is 0.952. The van der Waals surface area contributed by atoms with Gasteiger partial charge in [0.15, 0.2) is 0 Å². The maximum Gasteiger partial charge on any atom is 0.330 e. The number of rotatable bonds is 5. The maximum absolute atomic E-state index is 11.8. The second-order valence-corrected chi connectivity index (χ2v) is 5.57. The minimum atomic E-state index is -0.753. The molecule has 2 rings (SSSR count). The Balaban J connectivity index is 1.97. The predicted molar refractivity (Wildman–Crippen MR) is 80.5 cm³/mol. The first-order valence-corrected chi connectivity index (χ1v) is 7.02. The van der Waals surface area contributed by atoms with E-state index in [0.717, 1.165) is 16.5 Å². The van der Waals surface area contributed by atoms with Gasteiger partial charge in [-0.1, -0.05) is 32.0 Å². The Hall–Kier alpha value is -2.14. The van der Waals surface area contributed by atoms with Gasteiger partial charge in [-0.05, 0) is 24.0 Å². The molecular formula is C16H20N2O3. The lowest BCUT2D eigenvalue weighted by atomic mass is 10.1. The first kappa shape index (κ1) is 15.3. The van der Waals surface area contributed by atoms with Gasteiger partial charge in [-0.15, -0.1) is 0 Å². The van der Waals surface area contributed by atoms with Crippen LogP contribution in [0.3, 0.4) is 0 Å². The van der Waals surface area contributed by atoms with Gasteiger partial charge in [-0.25, -0.2) is 4.79 Å². The third-order valence-electron chi connectivity index (χ3n) is 3.25. The zero-order valence-corrected chi connectivity index (χ0v) is 12.3. The normalized spacial score (nSPS) is 12.6. The molecule has 0 aliphatic heterocycles. The Morgan fingerprint density at radius 3 is 2.71 bits per heavy atom. The van der Waals surface area contributed by atoms with Crippen molar-refractivity contribution < 1.29 is 14.3 Å². The van der Waals surface area contributed by atoms with E-state index in [-0.39, 0.29) is 12.3 Å². The van der Waals surface area contributed by atoms with Crippen molar-refractivity contribution in [3.8, 4) is 0 Å². The van der Waals surface area contributed by atoms with E-state index in [2.05, 4.69) is 4.98 Å². The Labute approximate surface area is 123 Å². The molecule has 21 heavy (non-hydrogen) atoms. The average molecular weight is 288 g/mol. The lowest BCUT2D eigenvalue weighted by Gasteiger charge is -2.12. The van der Waals surface area contributed by atoms with Crippen LogP contribution in [-0.2, 0) is 20.7 Å². The number of benzene rings is 1. The van der Waals surface area contributed by atoms with Crippen molar-refractivity contribution in [3.05, 3.63) is 36.0 Å². The maximum atomic E-state index is 11.8. The molecule has 2 aromatic rings. The van der Waals surface area contributed by atoms with Gasteiger partial charge < -0.3 is 15.5 Å². The summed E-state index contributed by atoms with van der Waals surface area (Å²) in [4.78, 5) is 26.6. The third kappa shape index (κ3) is 3.92. The van der Waals surface area contributed by atoms with Crippen LogP contribution in [0.4, 0.5) is 0 Å². The molecule has 0 amide bonds. The number of carbonyl (C=O) groups is 2. The van der Waals surface area contributed by atoms with Gasteiger partial charge in [-0.3, -0.25) is 4.79 Å². The lowest BCUT2D eigenvalue weighted by molar-refractivity contribution is -0.160. The molecular weight excluding hydrogens is 268 g/mol. The van der Waals surface area contributed by atoms with Gasteiger partial charge in [0.1, 0.15) is 6.04 Å². The Bertz CT molecular complexity index is 646. The highest BCUT2D eigenvalue weighted by molar-refractivity contribution is 5.92. The van der Waals surface area contributed by atoms with Crippen LogP contribution in [0.1, 0.15) is 25.8 Å². The number of hydrogen-bond donors (Lipinski definition) is 2. The van der Waals surface area contributed by atoms with E-state index in [9.17, 15) is 9.59 Å². The summed E-state index contributed by atoms with van der Waals surface area (Å²) in [6.45, 7) is 3.92. The van der Waals surface area contributed by atoms with Crippen LogP contribution < -0.4 is 5.73 Å². The van der Waals surface area contributed by atoms with Gasteiger partial charge in [0.25, 0.3) is 0 Å². The molecule has 5 heteroatoms. The van der Waals surface area contributed by atoms with Gasteiger partial charge in [0, 0.05) is 17.1 Å². The Morgan fingerprint density at radius 1 is 1.29 bits per heavy atom. The van der Waals surface area contributed by atoms with Crippen LogP contribution in [0.15, 0.2) is 30.5 Å². The molecule has 1 aromatic carbocycles. The van der Waals surface area contributed by atoms with Crippen LogP contribution in [0.2, 0.25) is 0 Å². The number of nitrogens with two attached hydrogens (primary N) is 1. The summed E-state index contributed by atoms with van der Waals surface area (Å²) in [6, 6.07) is 6.90. The van der Waals surface area contributed by atoms with Gasteiger partial charge in [0.2, 0.25) is 0 Å². The fourth-order valence-electron chi connectivity index (χ4n) is 2.26. The first-order valence-electron chi connectivity index (χ1n) is 7.02. The molecule has 0 aliphatic carbocycles. The molecule has 0 spiro atoms. The standard InChI is InChI=1S/C16H20N2O3/c1-10(2)7-13(17)16(20)21-15(19)8-11-9-18-14-6-4-3-5-12(11)14/h3-6,9-10,13,18H,7-8,17H2,1-2H3/t13-/m0/s1. The molecule has 0 saturated carbocycles. The lowest BCUT2D eigenvalue weighted by Crippen LogP contribution is -2.35. The summed E-state index contributed by atoms with van der Waals surface area (Å²) in [7, 11) is 0. The highest BCUT2D eigenvalue weighted by Gasteiger charge is 2.20. The van der Waals surface area contributed by atoms with Crippen molar-refractivity contribution >= 4 is 22.8 Å². The molecule has 0 saturated heterocycles. The molecule has 1 atom stereocenters. The number of H-pyrrole nitrogens is 1. The summed E-state index contributed by atoms with van der Waals surface area (Å²) < 4.78 is 4.82. The molecule has 3 N–H and O–H groups in total. The Kier molecular flexibility index (Phi) is 4.75. The zero-order chi connectivity index (χ0) is 15.4. The molecule has 5 nitrogen and oxygen atoms in total. The predicted octanol–water partition coefficient (Wildman–Crippen LogP) is 2.15. The topological polar surface area (TPSA) is 85.2 Å². The second-order valence-electron chi connectivity index (χ2n) is 5.57. The van der Waals surface area contributed by atoms with Crippen molar-refractivity contribution in [1.29, 1.82) is 0 Å². The molecule has 112 valence electrons. The smallest absolute Gasteiger partial charge is 0.330 e. The molecule has 0 aliphatic rings. The summed E-state index contributed by atoms with van der Waals surface area (Å²) in [5.74, 6) is -0.964. The zero-order valence-electron chi connectivity index (χ0n) is 12.3. The Morgan fingerprint density at radius 2 is 2.00 bits per heavy atom. The van der Waals surface area contributed by atoms with E-state index >= 15 is 0 Å². The van der Waals surface area contributed by atoms with Gasteiger partial charge in [0.05, 0.1) is 6.42 Å². The van der Waals surface area contributed by atoms with Crippen LogP contribution >= 0.6 is 0 Å². The van der Waals surface area contributed by atoms with Crippen molar-refractivity contribution in [2.45, 2.75) is 32.7 Å². The first-order chi connectivity index (χ1) is 9.97. The average Bonchev–Trinajstić information content (AvgIpc) is 2.81. The second kappa shape index (κ2) is 6.54. The highest BCUT2D eigenvalue weighted by atomic mass is 16.6. The molecule has 1 heterocycles. The van der Waals surface area contributed by atoms with Crippen molar-refractivity contribution in [2.75, 3.05) is 0 Å². The fourth-order valence-corrected chi connectivity index (χ4v) is 2.26. The molecule has 0 fully saturated rings. The molecule has 0 radical (unpaired) electrons. The summed E-state index contributed by atoms with van der Waals surface area (Å²) in [6.07, 6.45) is 2.30. The number of para-hydroxylation sites is 1. The van der Waals surface area contributed by atoms with E-state index < -0.39 is 18.0 Å². The number of aromatic nitrogens is 1. The van der Waals surface area contributed by atoms with Gasteiger partial charge >= 0.3 is 11.9 Å². The third-order valence-corrected chi connectivity index (χ3v) is 3.25. The van der Waals surface area contributed by atoms with Crippen molar-refractivity contribution in [2.24, 2.45) is 11.7 Å². The van der Waals surface area contributed by atoms with Crippen molar-refractivity contribution in [1.82, 2.24) is 4.98 Å². The number of nitrogens with one attached hydrogen (secondary N) is 1. The monoisotopic (exact) mass is 288 g/mol. The van der Waals surface area contributed by atoms with E-state index in [4.69, 9.17) is 10.5 Å². The summed E-state index contributed by atoms with van der Waals surface area (Å²) >= 11 is 0. The van der Waals surface area contributed by atoms with E-state index in [1.165, 1.54) is 0 Å². The van der Waals surface area contributed by atoms with E-state index in [1.54, 1.807) is 6.20 Å². The fraction of sp³-hybridized carbons (Fsp3) is 0.375. The number of ether oxygens (including phenoxy) is 1. The summed E-state index contributed by atoms with van der Waals surface area (Å²) in [5.41, 5.74) is 7.45. The number of hydrogen-bond acceptors (Lipinski definition) is 4. The van der Waals surface area contributed by atoms with Crippen LogP contribution in [-0.4, -0.2) is 23.0 Å². The largest absolute Gasteiger partial charge is 0.392 e. The number of fused-ring (bicyclic) bond motifs is 1. The van der Waals surface area contributed by atoms with Crippen LogP contribution in [0.5, 0.6) is 0 Å². The van der Waals surface area contributed by atoms with Gasteiger partial charge in [-0.2, -0.15) is 0 Å². The highest BCUT2D eigenvalue weighted by Crippen LogP contribution is 2.18. The van der Waals surface area contributed by atoms with Crippen molar-refractivity contribution in [3.63, 3.8) is 0 Å². The van der Waals surface area contributed by atoms with Crippen LogP contribution in [0.25, 0.3) is 10.9 Å². The number of aromatic amines is 1. The van der Waals surface area contributed by atoms with E-state index in [1.807, 2.05) is 38.1 Å². The number of carbonyl (C=O) groups excluding carboxylic acids is 2.